The van der Waals surface area contributed by atoms with Crippen LogP contribution in [0.4, 0.5) is 4.39 Å². The van der Waals surface area contributed by atoms with Crippen LogP contribution in [0.2, 0.25) is 0 Å². The van der Waals surface area contributed by atoms with Gasteiger partial charge in [0.1, 0.15) is 5.82 Å². The van der Waals surface area contributed by atoms with Gasteiger partial charge in [-0.15, -0.1) is 12.4 Å². The number of halogens is 2. The van der Waals surface area contributed by atoms with Crippen LogP contribution in [-0.2, 0) is 14.3 Å². The van der Waals surface area contributed by atoms with Gasteiger partial charge in [-0.1, -0.05) is 19.1 Å². The van der Waals surface area contributed by atoms with Gasteiger partial charge in [0.2, 0.25) is 5.91 Å². The number of rotatable bonds is 8. The summed E-state index contributed by atoms with van der Waals surface area (Å²) >= 11 is 0. The fourth-order valence-electron chi connectivity index (χ4n) is 3.46. The summed E-state index contributed by atoms with van der Waals surface area (Å²) in [6, 6.07) is 5.34. The van der Waals surface area contributed by atoms with E-state index in [0.29, 0.717) is 17.9 Å². The lowest BCUT2D eigenvalue weighted by atomic mass is 9.84. The maximum Gasteiger partial charge on any atom is 0.308 e. The number of piperidine rings is 1. The Kier molecular flexibility index (Phi) is 10.3. The summed E-state index contributed by atoms with van der Waals surface area (Å²) in [5.41, 5.74) is 0.697. The average Bonchev–Trinajstić information content (AvgIpc) is 2.62. The van der Waals surface area contributed by atoms with Crippen molar-refractivity contribution in [2.24, 2.45) is 11.8 Å². The van der Waals surface area contributed by atoms with E-state index in [2.05, 4.69) is 17.6 Å². The third-order valence-electron chi connectivity index (χ3n) is 4.98. The average molecular weight is 401 g/mol. The molecule has 1 aromatic carbocycles. The first-order chi connectivity index (χ1) is 12.5. The Hall–Kier alpha value is -1.66. The Morgan fingerprint density at radius 3 is 2.44 bits per heavy atom. The number of hydrogen-bond acceptors (Lipinski definition) is 4. The number of amides is 1. The molecule has 0 radical (unpaired) electrons. The maximum absolute atomic E-state index is 13.2. The van der Waals surface area contributed by atoms with Gasteiger partial charge in [0.25, 0.3) is 0 Å². The fraction of sp³-hybridized carbons (Fsp3) is 0.600. The second kappa shape index (κ2) is 11.9. The molecule has 1 amide bonds. The molecule has 1 aliphatic heterocycles. The first-order valence-electron chi connectivity index (χ1n) is 9.40. The quantitative estimate of drug-likeness (QED) is 0.656. The minimum atomic E-state index is -0.512. The van der Waals surface area contributed by atoms with E-state index >= 15 is 0 Å². The Balaban J connectivity index is 0.00000364. The summed E-state index contributed by atoms with van der Waals surface area (Å²) in [5.74, 6) is 0.00237. The van der Waals surface area contributed by atoms with E-state index in [1.54, 1.807) is 19.1 Å². The van der Waals surface area contributed by atoms with E-state index < -0.39 is 6.04 Å². The van der Waals surface area contributed by atoms with Crippen molar-refractivity contribution >= 4 is 24.3 Å². The molecule has 7 heteroatoms. The van der Waals surface area contributed by atoms with Crippen LogP contribution in [-0.4, -0.2) is 31.6 Å². The number of carbonyl (C=O) groups excluding carboxylic acids is 2. The summed E-state index contributed by atoms with van der Waals surface area (Å²) in [7, 11) is 0. The van der Waals surface area contributed by atoms with Crippen molar-refractivity contribution in [1.29, 1.82) is 0 Å². The smallest absolute Gasteiger partial charge is 0.308 e. The first-order valence-corrected chi connectivity index (χ1v) is 9.40. The number of ether oxygens (including phenoxy) is 1. The highest BCUT2D eigenvalue weighted by Gasteiger charge is 2.24. The molecule has 0 saturated carbocycles. The second-order valence-corrected chi connectivity index (χ2v) is 6.95. The molecule has 1 heterocycles. The molecule has 2 atom stereocenters. The molecule has 1 fully saturated rings. The van der Waals surface area contributed by atoms with E-state index in [1.807, 2.05) is 0 Å². The number of benzene rings is 1. The van der Waals surface area contributed by atoms with E-state index in [1.165, 1.54) is 12.1 Å². The lowest BCUT2D eigenvalue weighted by Gasteiger charge is -2.28. The van der Waals surface area contributed by atoms with Crippen LogP contribution < -0.4 is 10.6 Å². The molecule has 0 bridgehead atoms. The molecular weight excluding hydrogens is 371 g/mol. The molecule has 1 saturated heterocycles. The van der Waals surface area contributed by atoms with Crippen LogP contribution >= 0.6 is 12.4 Å². The lowest BCUT2D eigenvalue weighted by Crippen LogP contribution is -2.35. The Morgan fingerprint density at radius 2 is 1.85 bits per heavy atom. The fourth-order valence-corrected chi connectivity index (χ4v) is 3.46. The van der Waals surface area contributed by atoms with Crippen molar-refractivity contribution in [2.45, 2.75) is 45.6 Å². The van der Waals surface area contributed by atoms with Gasteiger partial charge in [0, 0.05) is 6.42 Å². The van der Waals surface area contributed by atoms with E-state index in [9.17, 15) is 14.0 Å². The minimum Gasteiger partial charge on any atom is -0.466 e. The standard InChI is InChI=1S/C20H29FN2O3.ClH/c1-3-26-20(25)13-18(16-4-6-17(21)7-5-16)23-19(24)12-14(2)15-8-10-22-11-9-15;/h4-7,14-15,18,22H,3,8-13H2,1-2H3,(H,23,24);1H. The molecule has 2 N–H and O–H groups in total. The van der Waals surface area contributed by atoms with Crippen molar-refractivity contribution in [2.75, 3.05) is 19.7 Å². The van der Waals surface area contributed by atoms with E-state index in [0.717, 1.165) is 25.9 Å². The molecule has 0 aliphatic carbocycles. The van der Waals surface area contributed by atoms with Gasteiger partial charge in [-0.3, -0.25) is 9.59 Å². The zero-order valence-electron chi connectivity index (χ0n) is 16.0. The van der Waals surface area contributed by atoms with Gasteiger partial charge in [0.05, 0.1) is 19.1 Å². The summed E-state index contributed by atoms with van der Waals surface area (Å²) < 4.78 is 18.2. The van der Waals surface area contributed by atoms with Gasteiger partial charge in [-0.2, -0.15) is 0 Å². The molecule has 152 valence electrons. The van der Waals surface area contributed by atoms with E-state index in [4.69, 9.17) is 4.74 Å². The molecular formula is C20H30ClFN2O3. The van der Waals surface area contributed by atoms with Crippen molar-refractivity contribution < 1.29 is 18.7 Å². The molecule has 0 spiro atoms. The number of hydrogen-bond donors (Lipinski definition) is 2. The van der Waals surface area contributed by atoms with Gasteiger partial charge in [-0.05, 0) is 62.4 Å². The summed E-state index contributed by atoms with van der Waals surface area (Å²) in [6.45, 7) is 6.13. The summed E-state index contributed by atoms with van der Waals surface area (Å²) in [6.07, 6.45) is 2.62. The Bertz CT molecular complexity index is 591. The molecule has 2 rings (SSSR count). The number of carbonyl (C=O) groups is 2. The van der Waals surface area contributed by atoms with Crippen LogP contribution in [0, 0.1) is 17.7 Å². The summed E-state index contributed by atoms with van der Waals surface area (Å²) in [5, 5.41) is 6.27. The molecule has 0 aromatic heterocycles. The highest BCUT2D eigenvalue weighted by Crippen LogP contribution is 2.25. The highest BCUT2D eigenvalue weighted by atomic mass is 35.5. The van der Waals surface area contributed by atoms with Crippen molar-refractivity contribution in [3.8, 4) is 0 Å². The van der Waals surface area contributed by atoms with Crippen LogP contribution in [0.5, 0.6) is 0 Å². The third-order valence-corrected chi connectivity index (χ3v) is 4.98. The molecule has 2 unspecified atom stereocenters. The summed E-state index contributed by atoms with van der Waals surface area (Å²) in [4.78, 5) is 24.4. The van der Waals surface area contributed by atoms with Crippen LogP contribution in [0.25, 0.3) is 0 Å². The molecule has 5 nitrogen and oxygen atoms in total. The van der Waals surface area contributed by atoms with Gasteiger partial charge in [-0.25, -0.2) is 4.39 Å². The van der Waals surface area contributed by atoms with Crippen molar-refractivity contribution in [3.05, 3.63) is 35.6 Å². The minimum absolute atomic E-state index is 0. The van der Waals surface area contributed by atoms with Gasteiger partial charge >= 0.3 is 5.97 Å². The SMILES string of the molecule is CCOC(=O)CC(NC(=O)CC(C)C1CCNCC1)c1ccc(F)cc1.Cl. The van der Waals surface area contributed by atoms with Gasteiger partial charge in [0.15, 0.2) is 0 Å². The normalized spacial score (nSPS) is 16.7. The maximum atomic E-state index is 13.2. The number of esters is 1. The Morgan fingerprint density at radius 1 is 1.22 bits per heavy atom. The van der Waals surface area contributed by atoms with Crippen LogP contribution in [0.15, 0.2) is 24.3 Å². The molecule has 27 heavy (non-hydrogen) atoms. The van der Waals surface area contributed by atoms with Crippen molar-refractivity contribution in [3.63, 3.8) is 0 Å². The highest BCUT2D eigenvalue weighted by molar-refractivity contribution is 5.85. The van der Waals surface area contributed by atoms with Crippen molar-refractivity contribution in [1.82, 2.24) is 10.6 Å². The predicted octanol–water partition coefficient (Wildman–Crippen LogP) is 3.38. The first kappa shape index (κ1) is 23.4. The zero-order chi connectivity index (χ0) is 18.9. The Labute approximate surface area is 166 Å². The zero-order valence-corrected chi connectivity index (χ0v) is 16.8. The monoisotopic (exact) mass is 400 g/mol. The van der Waals surface area contributed by atoms with E-state index in [-0.39, 0.29) is 49.0 Å². The molecule has 1 aromatic rings. The largest absolute Gasteiger partial charge is 0.466 e. The van der Waals surface area contributed by atoms with Crippen LogP contribution in [0.1, 0.15) is 51.1 Å². The van der Waals surface area contributed by atoms with Crippen LogP contribution in [0.3, 0.4) is 0 Å². The topological polar surface area (TPSA) is 67.4 Å². The van der Waals surface area contributed by atoms with Gasteiger partial charge < -0.3 is 15.4 Å². The predicted molar refractivity (Wildman–Crippen MR) is 105 cm³/mol. The number of nitrogens with one attached hydrogen (secondary N) is 2. The second-order valence-electron chi connectivity index (χ2n) is 6.95. The third kappa shape index (κ3) is 7.85. The molecule has 1 aliphatic rings. The lowest BCUT2D eigenvalue weighted by molar-refractivity contribution is -0.143.